The van der Waals surface area contributed by atoms with Crippen LogP contribution in [0.1, 0.15) is 20.8 Å². The Labute approximate surface area is 95.8 Å². The summed E-state index contributed by atoms with van der Waals surface area (Å²) < 4.78 is 9.47. The molecular formula is C11H19NO4. The van der Waals surface area contributed by atoms with Gasteiger partial charge in [-0.2, -0.15) is 0 Å². The van der Waals surface area contributed by atoms with E-state index < -0.39 is 11.6 Å². The van der Waals surface area contributed by atoms with Gasteiger partial charge in [0.25, 0.3) is 0 Å². The minimum Gasteiger partial charge on any atom is -0.466 e. The summed E-state index contributed by atoms with van der Waals surface area (Å²) in [5.74, 6) is -0.738. The van der Waals surface area contributed by atoms with E-state index in [2.05, 4.69) is 10.1 Å². The summed E-state index contributed by atoms with van der Waals surface area (Å²) in [5.41, 5.74) is -0.472. The Morgan fingerprint density at radius 3 is 2.44 bits per heavy atom. The molecule has 0 aliphatic heterocycles. The maximum Gasteiger partial charge on any atom is 0.330 e. The largest absolute Gasteiger partial charge is 0.466 e. The molecule has 0 unspecified atom stereocenters. The monoisotopic (exact) mass is 229 g/mol. The van der Waals surface area contributed by atoms with Crippen molar-refractivity contribution in [1.82, 2.24) is 5.32 Å². The zero-order chi connectivity index (χ0) is 12.6. The molecular weight excluding hydrogens is 210 g/mol. The summed E-state index contributed by atoms with van der Waals surface area (Å²) in [6.07, 6.45) is 2.87. The quantitative estimate of drug-likeness (QED) is 0.426. The summed E-state index contributed by atoms with van der Waals surface area (Å²) in [5, 5.41) is 2.82. The van der Waals surface area contributed by atoms with Crippen molar-refractivity contribution < 1.29 is 19.1 Å². The molecule has 0 aliphatic carbocycles. The van der Waals surface area contributed by atoms with Gasteiger partial charge in [-0.05, 0) is 20.8 Å². The smallest absolute Gasteiger partial charge is 0.330 e. The first-order chi connectivity index (χ1) is 7.35. The Kier molecular flexibility index (Phi) is 6.41. The van der Waals surface area contributed by atoms with Gasteiger partial charge < -0.3 is 14.8 Å². The van der Waals surface area contributed by atoms with Gasteiger partial charge >= 0.3 is 11.9 Å². The molecule has 0 radical (unpaired) electrons. The van der Waals surface area contributed by atoms with E-state index in [0.29, 0.717) is 6.54 Å². The van der Waals surface area contributed by atoms with Crippen LogP contribution in [-0.4, -0.2) is 37.7 Å². The second-order valence-corrected chi connectivity index (χ2v) is 4.14. The van der Waals surface area contributed by atoms with Crippen molar-refractivity contribution >= 4 is 11.9 Å². The van der Waals surface area contributed by atoms with Gasteiger partial charge in [0.15, 0.2) is 0 Å². The van der Waals surface area contributed by atoms with E-state index in [4.69, 9.17) is 4.74 Å². The van der Waals surface area contributed by atoms with E-state index in [1.807, 2.05) is 20.8 Å². The highest BCUT2D eigenvalue weighted by atomic mass is 16.6. The lowest BCUT2D eigenvalue weighted by molar-refractivity contribution is -0.153. The molecule has 0 aromatic carbocycles. The first kappa shape index (κ1) is 14.6. The number of carbonyl (C=O) groups is 2. The van der Waals surface area contributed by atoms with Crippen LogP contribution in [0.3, 0.4) is 0 Å². The third-order valence-corrected chi connectivity index (χ3v) is 1.41. The van der Waals surface area contributed by atoms with Crippen LogP contribution >= 0.6 is 0 Å². The average Bonchev–Trinajstić information content (AvgIpc) is 2.14. The molecule has 0 saturated heterocycles. The summed E-state index contributed by atoms with van der Waals surface area (Å²) >= 11 is 0. The Morgan fingerprint density at radius 2 is 1.94 bits per heavy atom. The topological polar surface area (TPSA) is 64.6 Å². The molecule has 5 heteroatoms. The molecule has 0 amide bonds. The predicted molar refractivity (Wildman–Crippen MR) is 59.9 cm³/mol. The van der Waals surface area contributed by atoms with Crippen molar-refractivity contribution in [3.63, 3.8) is 0 Å². The van der Waals surface area contributed by atoms with E-state index in [1.165, 1.54) is 13.2 Å². The fourth-order valence-corrected chi connectivity index (χ4v) is 0.858. The lowest BCUT2D eigenvalue weighted by Gasteiger charge is -2.19. The molecule has 16 heavy (non-hydrogen) atoms. The molecule has 5 nitrogen and oxygen atoms in total. The lowest BCUT2D eigenvalue weighted by atomic mass is 10.2. The molecule has 0 atom stereocenters. The number of ether oxygens (including phenoxy) is 2. The van der Waals surface area contributed by atoms with Crippen molar-refractivity contribution in [1.29, 1.82) is 0 Å². The molecule has 0 heterocycles. The number of carbonyl (C=O) groups excluding carboxylic acids is 2. The molecule has 0 saturated carbocycles. The summed E-state index contributed by atoms with van der Waals surface area (Å²) in [4.78, 5) is 21.9. The minimum absolute atomic E-state index is 0.114. The Bertz CT molecular complexity index is 266. The molecule has 0 aromatic heterocycles. The van der Waals surface area contributed by atoms with Gasteiger partial charge in [-0.25, -0.2) is 4.79 Å². The first-order valence-electron chi connectivity index (χ1n) is 5.02. The summed E-state index contributed by atoms with van der Waals surface area (Å²) in [7, 11) is 1.31. The van der Waals surface area contributed by atoms with E-state index in [0.717, 1.165) is 0 Å². The van der Waals surface area contributed by atoms with Crippen LogP contribution in [0, 0.1) is 0 Å². The Balaban J connectivity index is 3.64. The van der Waals surface area contributed by atoms with Gasteiger partial charge in [-0.15, -0.1) is 0 Å². The van der Waals surface area contributed by atoms with Crippen molar-refractivity contribution in [2.75, 3.05) is 20.2 Å². The highest BCUT2D eigenvalue weighted by molar-refractivity contribution is 5.81. The highest BCUT2D eigenvalue weighted by Crippen LogP contribution is 2.05. The molecule has 1 N–H and O–H groups in total. The summed E-state index contributed by atoms with van der Waals surface area (Å²) in [6.45, 7) is 5.95. The van der Waals surface area contributed by atoms with Crippen LogP contribution in [-0.2, 0) is 19.1 Å². The van der Waals surface area contributed by atoms with Crippen molar-refractivity contribution in [3.05, 3.63) is 12.2 Å². The van der Waals surface area contributed by atoms with Crippen LogP contribution in [0.15, 0.2) is 12.2 Å². The van der Waals surface area contributed by atoms with Crippen molar-refractivity contribution in [2.24, 2.45) is 0 Å². The molecule has 0 aliphatic rings. The first-order valence-corrected chi connectivity index (χ1v) is 5.02. The lowest BCUT2D eigenvalue weighted by Crippen LogP contribution is -2.31. The van der Waals surface area contributed by atoms with Crippen LogP contribution in [0.4, 0.5) is 0 Å². The number of methoxy groups -OCH3 is 1. The highest BCUT2D eigenvalue weighted by Gasteiger charge is 2.15. The number of nitrogens with one attached hydrogen (secondary N) is 1. The molecule has 0 aromatic rings. The zero-order valence-corrected chi connectivity index (χ0v) is 10.2. The zero-order valence-electron chi connectivity index (χ0n) is 10.2. The standard InChI is InChI=1S/C11H19NO4/c1-11(2,3)16-10(14)8-12-7-5-6-9(13)15-4/h5-6,12H,7-8H2,1-4H3. The fourth-order valence-electron chi connectivity index (χ4n) is 0.858. The molecule has 0 spiro atoms. The van der Waals surface area contributed by atoms with Gasteiger partial charge in [0.2, 0.25) is 0 Å². The third-order valence-electron chi connectivity index (χ3n) is 1.41. The van der Waals surface area contributed by atoms with Crippen molar-refractivity contribution in [3.8, 4) is 0 Å². The van der Waals surface area contributed by atoms with Crippen LogP contribution < -0.4 is 5.32 Å². The summed E-state index contributed by atoms with van der Waals surface area (Å²) in [6, 6.07) is 0. The Morgan fingerprint density at radius 1 is 1.31 bits per heavy atom. The second kappa shape index (κ2) is 7.00. The molecule has 0 bridgehead atoms. The number of hydrogen-bond acceptors (Lipinski definition) is 5. The number of rotatable bonds is 5. The van der Waals surface area contributed by atoms with Gasteiger partial charge in [0, 0.05) is 12.6 Å². The molecule has 0 fully saturated rings. The maximum atomic E-state index is 11.2. The van der Waals surface area contributed by atoms with E-state index in [1.54, 1.807) is 6.08 Å². The van der Waals surface area contributed by atoms with Gasteiger partial charge in [-0.3, -0.25) is 4.79 Å². The fraction of sp³-hybridized carbons (Fsp3) is 0.636. The van der Waals surface area contributed by atoms with Crippen molar-refractivity contribution in [2.45, 2.75) is 26.4 Å². The second-order valence-electron chi connectivity index (χ2n) is 4.14. The normalized spacial score (nSPS) is 11.5. The average molecular weight is 229 g/mol. The van der Waals surface area contributed by atoms with Gasteiger partial charge in [-0.1, -0.05) is 6.08 Å². The number of esters is 2. The van der Waals surface area contributed by atoms with E-state index >= 15 is 0 Å². The third kappa shape index (κ3) is 9.21. The van der Waals surface area contributed by atoms with Crippen LogP contribution in [0.2, 0.25) is 0 Å². The maximum absolute atomic E-state index is 11.2. The van der Waals surface area contributed by atoms with E-state index in [-0.39, 0.29) is 12.5 Å². The molecule has 92 valence electrons. The number of hydrogen-bond donors (Lipinski definition) is 1. The van der Waals surface area contributed by atoms with Gasteiger partial charge in [0.05, 0.1) is 13.7 Å². The minimum atomic E-state index is -0.472. The van der Waals surface area contributed by atoms with Gasteiger partial charge in [0.1, 0.15) is 5.60 Å². The Hall–Kier alpha value is -1.36. The van der Waals surface area contributed by atoms with E-state index in [9.17, 15) is 9.59 Å². The van der Waals surface area contributed by atoms with Crippen LogP contribution in [0.5, 0.6) is 0 Å². The SMILES string of the molecule is COC(=O)C=CCNCC(=O)OC(C)(C)C. The van der Waals surface area contributed by atoms with Crippen LogP contribution in [0.25, 0.3) is 0 Å². The molecule has 0 rings (SSSR count). The predicted octanol–water partition coefficient (Wildman–Crippen LogP) is 0.647.